The molecule has 1 fully saturated rings. The summed E-state index contributed by atoms with van der Waals surface area (Å²) in [6, 6.07) is 14.7. The number of ketones is 1. The number of amides is 2. The summed E-state index contributed by atoms with van der Waals surface area (Å²) in [5.41, 5.74) is 1.38. The van der Waals surface area contributed by atoms with E-state index in [0.717, 1.165) is 34.4 Å². The number of nitrogens with one attached hydrogen (secondary N) is 1. The molecule has 1 saturated heterocycles. The third kappa shape index (κ3) is 8.99. The summed E-state index contributed by atoms with van der Waals surface area (Å²) >= 11 is 0. The zero-order valence-electron chi connectivity index (χ0n) is 25.0. The van der Waals surface area contributed by atoms with E-state index < -0.39 is 29.4 Å². The summed E-state index contributed by atoms with van der Waals surface area (Å²) in [4.78, 5) is 40.6. The first-order valence-electron chi connectivity index (χ1n) is 14.0. The molecule has 0 spiro atoms. The zero-order valence-corrected chi connectivity index (χ0v) is 25.0. The Morgan fingerprint density at radius 3 is 2.12 bits per heavy atom. The van der Waals surface area contributed by atoms with Gasteiger partial charge in [-0.2, -0.15) is 0 Å². The highest BCUT2D eigenvalue weighted by Gasteiger charge is 2.46. The lowest BCUT2D eigenvalue weighted by Gasteiger charge is -2.36. The van der Waals surface area contributed by atoms with Crippen molar-refractivity contribution in [2.24, 2.45) is 5.41 Å². The van der Waals surface area contributed by atoms with Gasteiger partial charge in [-0.15, -0.1) is 0 Å². The van der Waals surface area contributed by atoms with Crippen LogP contribution < -0.4 is 5.32 Å². The fourth-order valence-electron chi connectivity index (χ4n) is 4.26. The molecule has 8 nitrogen and oxygen atoms in total. The highest BCUT2D eigenvalue weighted by atomic mass is 16.7. The number of hydrogen-bond acceptors (Lipinski definition) is 6. The Morgan fingerprint density at radius 2 is 1.59 bits per heavy atom. The van der Waals surface area contributed by atoms with Crippen LogP contribution in [0.4, 0.5) is 0 Å². The van der Waals surface area contributed by atoms with Crippen LogP contribution in [0.25, 0.3) is 0 Å². The van der Waals surface area contributed by atoms with Gasteiger partial charge in [-0.3, -0.25) is 14.4 Å². The van der Waals surface area contributed by atoms with Crippen LogP contribution in [0.5, 0.6) is 0 Å². The Morgan fingerprint density at radius 1 is 0.976 bits per heavy atom. The summed E-state index contributed by atoms with van der Waals surface area (Å²) < 4.78 is 16.9. The third-order valence-electron chi connectivity index (χ3n) is 6.97. The normalized spacial score (nSPS) is 16.6. The van der Waals surface area contributed by atoms with E-state index in [1.165, 1.54) is 21.0 Å². The number of nitrogens with zero attached hydrogens (tertiary/aromatic N) is 1. The number of rotatable bonds is 10. The highest BCUT2D eigenvalue weighted by molar-refractivity contribution is 6.14. The molecule has 0 bridgehead atoms. The van der Waals surface area contributed by atoms with E-state index in [-0.39, 0.29) is 12.0 Å². The standard InChI is InChI=1S/C33H42N2O6/c1-32(2,3)23-39-21-26-14-12-24(13-15-26)10-11-25-16-18-27(19-17-25)30(37)35(6)33(4,31(38)34-5)28(36)22-41-29-9-7-8-20-40-29/h12-19,29H,7-9,20-23H2,1-6H3,(H,34,38)/t29?,33-/m1/s1. The molecule has 0 aliphatic carbocycles. The summed E-state index contributed by atoms with van der Waals surface area (Å²) in [5.74, 6) is 4.65. The second-order valence-electron chi connectivity index (χ2n) is 11.6. The maximum Gasteiger partial charge on any atom is 0.254 e. The van der Waals surface area contributed by atoms with Crippen molar-refractivity contribution in [1.29, 1.82) is 0 Å². The highest BCUT2D eigenvalue weighted by Crippen LogP contribution is 2.21. The minimum atomic E-state index is -1.76. The SMILES string of the molecule is CNC(=O)[C@@](C)(C(=O)COC1CCCCO1)N(C)C(=O)c1ccc(C#Cc2ccc(COCC(C)(C)C)cc2)cc1. The number of benzene rings is 2. The van der Waals surface area contributed by atoms with E-state index >= 15 is 0 Å². The maximum absolute atomic E-state index is 13.4. The first-order valence-corrected chi connectivity index (χ1v) is 14.0. The fraction of sp³-hybridized carbons (Fsp3) is 0.485. The molecule has 2 atom stereocenters. The summed E-state index contributed by atoms with van der Waals surface area (Å²) in [5, 5.41) is 2.51. The molecule has 0 aromatic heterocycles. The molecule has 1 aliphatic heterocycles. The maximum atomic E-state index is 13.4. The van der Waals surface area contributed by atoms with Crippen molar-refractivity contribution in [2.75, 3.05) is 33.9 Å². The van der Waals surface area contributed by atoms with Crippen LogP contribution >= 0.6 is 0 Å². The molecule has 8 heteroatoms. The van der Waals surface area contributed by atoms with Gasteiger partial charge in [-0.1, -0.05) is 44.7 Å². The number of Topliss-reactive ketones (excluding diaryl/α,β-unsaturated/α-hetero) is 1. The van der Waals surface area contributed by atoms with Crippen LogP contribution in [0.1, 0.15) is 74.0 Å². The van der Waals surface area contributed by atoms with Crippen molar-refractivity contribution in [3.8, 4) is 11.8 Å². The smallest absolute Gasteiger partial charge is 0.254 e. The van der Waals surface area contributed by atoms with Gasteiger partial charge in [0, 0.05) is 37.4 Å². The van der Waals surface area contributed by atoms with Gasteiger partial charge in [0.2, 0.25) is 0 Å². The molecule has 1 heterocycles. The molecular weight excluding hydrogens is 520 g/mol. The van der Waals surface area contributed by atoms with Crippen molar-refractivity contribution in [3.63, 3.8) is 0 Å². The molecule has 2 amide bonds. The Balaban J connectivity index is 1.64. The van der Waals surface area contributed by atoms with E-state index in [1.807, 2.05) is 24.3 Å². The van der Waals surface area contributed by atoms with Crippen molar-refractivity contribution >= 4 is 17.6 Å². The Hall–Kier alpha value is -3.51. The molecule has 1 aliphatic rings. The summed E-state index contributed by atoms with van der Waals surface area (Å²) in [6.45, 7) is 9.32. The van der Waals surface area contributed by atoms with Gasteiger partial charge in [0.05, 0.1) is 13.2 Å². The fourth-order valence-corrected chi connectivity index (χ4v) is 4.26. The predicted molar refractivity (Wildman–Crippen MR) is 157 cm³/mol. The van der Waals surface area contributed by atoms with E-state index in [9.17, 15) is 14.4 Å². The van der Waals surface area contributed by atoms with Gasteiger partial charge in [-0.05, 0) is 73.6 Å². The molecule has 1 unspecified atom stereocenters. The lowest BCUT2D eigenvalue weighted by Crippen LogP contribution is -2.62. The van der Waals surface area contributed by atoms with Gasteiger partial charge in [0.25, 0.3) is 11.8 Å². The number of ether oxygens (including phenoxy) is 3. The molecular formula is C33H42N2O6. The molecule has 220 valence electrons. The van der Waals surface area contributed by atoms with E-state index in [4.69, 9.17) is 14.2 Å². The second-order valence-corrected chi connectivity index (χ2v) is 11.6. The number of likely N-dealkylation sites (N-methyl/N-ethyl adjacent to an activating group) is 2. The number of carbonyl (C=O) groups is 3. The number of carbonyl (C=O) groups excluding carboxylic acids is 3. The Labute approximate surface area is 243 Å². The quantitative estimate of drug-likeness (QED) is 0.342. The predicted octanol–water partition coefficient (Wildman–Crippen LogP) is 4.34. The van der Waals surface area contributed by atoms with Crippen LogP contribution in [-0.2, 0) is 30.4 Å². The van der Waals surface area contributed by atoms with Crippen LogP contribution in [0.3, 0.4) is 0 Å². The Bertz CT molecular complexity index is 1250. The minimum absolute atomic E-state index is 0.126. The Kier molecular flexibility index (Phi) is 11.2. The van der Waals surface area contributed by atoms with E-state index in [2.05, 4.69) is 37.9 Å². The molecule has 0 saturated carbocycles. The van der Waals surface area contributed by atoms with Crippen LogP contribution in [-0.4, -0.2) is 68.2 Å². The van der Waals surface area contributed by atoms with Crippen LogP contribution in [0.15, 0.2) is 48.5 Å². The lowest BCUT2D eigenvalue weighted by atomic mass is 9.92. The minimum Gasteiger partial charge on any atom is -0.376 e. The average Bonchev–Trinajstić information content (AvgIpc) is 2.98. The molecule has 2 aromatic carbocycles. The zero-order chi connectivity index (χ0) is 30.0. The van der Waals surface area contributed by atoms with Gasteiger partial charge in [-0.25, -0.2) is 0 Å². The summed E-state index contributed by atoms with van der Waals surface area (Å²) in [7, 11) is 2.87. The van der Waals surface area contributed by atoms with E-state index in [1.54, 1.807) is 24.3 Å². The van der Waals surface area contributed by atoms with Crippen LogP contribution in [0.2, 0.25) is 0 Å². The third-order valence-corrected chi connectivity index (χ3v) is 6.97. The molecule has 2 aromatic rings. The van der Waals surface area contributed by atoms with Gasteiger partial charge < -0.3 is 24.4 Å². The first kappa shape index (κ1) is 32.0. The van der Waals surface area contributed by atoms with Crippen molar-refractivity contribution in [1.82, 2.24) is 10.2 Å². The monoisotopic (exact) mass is 562 g/mol. The molecule has 3 rings (SSSR count). The van der Waals surface area contributed by atoms with Gasteiger partial charge in [0.1, 0.15) is 6.61 Å². The van der Waals surface area contributed by atoms with Crippen molar-refractivity contribution < 1.29 is 28.6 Å². The second kappa shape index (κ2) is 14.4. The van der Waals surface area contributed by atoms with Crippen molar-refractivity contribution in [2.45, 2.75) is 65.4 Å². The summed E-state index contributed by atoms with van der Waals surface area (Å²) in [6.07, 6.45) is 2.10. The molecule has 0 radical (unpaired) electrons. The number of hydrogen-bond donors (Lipinski definition) is 1. The lowest BCUT2D eigenvalue weighted by molar-refractivity contribution is -0.174. The van der Waals surface area contributed by atoms with Gasteiger partial charge in [0.15, 0.2) is 17.6 Å². The first-order chi connectivity index (χ1) is 19.4. The van der Waals surface area contributed by atoms with Crippen molar-refractivity contribution in [3.05, 3.63) is 70.8 Å². The molecule has 1 N–H and O–H groups in total. The molecule has 41 heavy (non-hydrogen) atoms. The van der Waals surface area contributed by atoms with Crippen LogP contribution in [0, 0.1) is 17.3 Å². The van der Waals surface area contributed by atoms with E-state index in [0.29, 0.717) is 31.8 Å². The topological polar surface area (TPSA) is 94.2 Å². The average molecular weight is 563 g/mol. The largest absolute Gasteiger partial charge is 0.376 e. The van der Waals surface area contributed by atoms with Gasteiger partial charge >= 0.3 is 0 Å².